The number of aliphatic hydroxyl groups is 1. The number of hydrogen-bond donors (Lipinski definition) is 1. The smallest absolute Gasteiger partial charge is 0.180 e. The highest BCUT2D eigenvalue weighted by Crippen LogP contribution is 2.27. The predicted molar refractivity (Wildman–Crippen MR) is 71.1 cm³/mol. The highest BCUT2D eigenvalue weighted by molar-refractivity contribution is 7.91. The predicted octanol–water partition coefficient (Wildman–Crippen LogP) is 2.40. The van der Waals surface area contributed by atoms with Crippen molar-refractivity contribution in [3.05, 3.63) is 30.3 Å². The van der Waals surface area contributed by atoms with Crippen molar-refractivity contribution in [2.24, 2.45) is 5.92 Å². The van der Waals surface area contributed by atoms with Crippen molar-refractivity contribution in [1.82, 2.24) is 0 Å². The van der Waals surface area contributed by atoms with Crippen molar-refractivity contribution < 1.29 is 13.5 Å². The summed E-state index contributed by atoms with van der Waals surface area (Å²) < 4.78 is 24.3. The molecule has 4 heteroatoms. The number of hydrogen-bond acceptors (Lipinski definition) is 3. The second-order valence-electron chi connectivity index (χ2n) is 5.06. The largest absolute Gasteiger partial charge is 0.392 e. The third-order valence-electron chi connectivity index (χ3n) is 3.69. The van der Waals surface area contributed by atoms with Crippen LogP contribution in [0.3, 0.4) is 0 Å². The lowest BCUT2D eigenvalue weighted by molar-refractivity contribution is 0.103. The fourth-order valence-electron chi connectivity index (χ4n) is 2.60. The third kappa shape index (κ3) is 3.33. The third-order valence-corrected chi connectivity index (χ3v) is 5.46. The van der Waals surface area contributed by atoms with Crippen LogP contribution in [-0.2, 0) is 9.84 Å². The lowest BCUT2D eigenvalue weighted by Crippen LogP contribution is -2.30. The molecule has 0 aliphatic heterocycles. The summed E-state index contributed by atoms with van der Waals surface area (Å²) in [4.78, 5) is 0.305. The van der Waals surface area contributed by atoms with Gasteiger partial charge in [-0.25, -0.2) is 8.42 Å². The van der Waals surface area contributed by atoms with Gasteiger partial charge < -0.3 is 5.11 Å². The van der Waals surface area contributed by atoms with E-state index in [1.54, 1.807) is 30.3 Å². The van der Waals surface area contributed by atoms with E-state index < -0.39 is 15.9 Å². The van der Waals surface area contributed by atoms with Gasteiger partial charge in [0.25, 0.3) is 0 Å². The number of aliphatic hydroxyl groups excluding tert-OH is 1. The van der Waals surface area contributed by atoms with Gasteiger partial charge in [-0.15, -0.1) is 0 Å². The van der Waals surface area contributed by atoms with Gasteiger partial charge in [-0.2, -0.15) is 0 Å². The first-order valence-corrected chi connectivity index (χ1v) is 8.21. The Hall–Kier alpha value is -0.870. The average Bonchev–Trinajstić information content (AvgIpc) is 2.40. The Morgan fingerprint density at radius 2 is 1.72 bits per heavy atom. The van der Waals surface area contributed by atoms with E-state index in [1.165, 1.54) is 6.42 Å². The summed E-state index contributed by atoms with van der Waals surface area (Å²) in [5, 5.41) is 10.1. The lowest BCUT2D eigenvalue weighted by Gasteiger charge is -2.26. The first-order valence-electron chi connectivity index (χ1n) is 6.55. The fraction of sp³-hybridized carbons (Fsp3) is 0.571. The monoisotopic (exact) mass is 268 g/mol. The molecule has 100 valence electrons. The molecule has 18 heavy (non-hydrogen) atoms. The molecule has 0 radical (unpaired) electrons. The Labute approximate surface area is 109 Å². The molecule has 2 rings (SSSR count). The summed E-state index contributed by atoms with van der Waals surface area (Å²) in [6, 6.07) is 8.38. The van der Waals surface area contributed by atoms with Gasteiger partial charge in [0.15, 0.2) is 9.84 Å². The zero-order valence-corrected chi connectivity index (χ0v) is 11.3. The molecule has 1 aromatic rings. The topological polar surface area (TPSA) is 54.4 Å². The van der Waals surface area contributed by atoms with Crippen LogP contribution in [0.25, 0.3) is 0 Å². The van der Waals surface area contributed by atoms with Gasteiger partial charge in [0.05, 0.1) is 16.8 Å². The van der Waals surface area contributed by atoms with Gasteiger partial charge in [-0.1, -0.05) is 37.5 Å². The Balaban J connectivity index is 2.04. The highest BCUT2D eigenvalue weighted by atomic mass is 32.2. The minimum absolute atomic E-state index is 0.150. The van der Waals surface area contributed by atoms with Crippen LogP contribution in [0.5, 0.6) is 0 Å². The summed E-state index contributed by atoms with van der Waals surface area (Å²) in [6.45, 7) is 0. The number of sulfone groups is 1. The van der Waals surface area contributed by atoms with Crippen molar-refractivity contribution in [3.63, 3.8) is 0 Å². The van der Waals surface area contributed by atoms with E-state index in [-0.39, 0.29) is 11.7 Å². The van der Waals surface area contributed by atoms with E-state index in [2.05, 4.69) is 0 Å². The lowest BCUT2D eigenvalue weighted by atomic mass is 9.86. The molecule has 0 aromatic heterocycles. The molecule has 1 aliphatic rings. The van der Waals surface area contributed by atoms with E-state index in [1.807, 2.05) is 0 Å². The molecule has 1 atom stereocenters. The van der Waals surface area contributed by atoms with Gasteiger partial charge in [0, 0.05) is 0 Å². The van der Waals surface area contributed by atoms with Crippen LogP contribution in [0.2, 0.25) is 0 Å². The van der Waals surface area contributed by atoms with Gasteiger partial charge >= 0.3 is 0 Å². The van der Waals surface area contributed by atoms with Crippen molar-refractivity contribution in [2.75, 3.05) is 5.75 Å². The minimum atomic E-state index is -3.36. The van der Waals surface area contributed by atoms with Crippen LogP contribution in [0, 0.1) is 5.92 Å². The molecule has 1 aliphatic carbocycles. The summed E-state index contributed by atoms with van der Waals surface area (Å²) in [5.74, 6) is -0.000891. The van der Waals surface area contributed by atoms with Crippen molar-refractivity contribution in [3.8, 4) is 0 Å². The van der Waals surface area contributed by atoms with Gasteiger partial charge in [-0.3, -0.25) is 0 Å². The van der Waals surface area contributed by atoms with Gasteiger partial charge in [0.2, 0.25) is 0 Å². The van der Waals surface area contributed by atoms with Crippen molar-refractivity contribution in [2.45, 2.75) is 43.1 Å². The normalized spacial score (nSPS) is 19.6. The second kappa shape index (κ2) is 5.85. The zero-order chi connectivity index (χ0) is 13.0. The van der Waals surface area contributed by atoms with Gasteiger partial charge in [-0.05, 0) is 30.9 Å². The molecule has 0 heterocycles. The molecule has 1 N–H and O–H groups in total. The second-order valence-corrected chi connectivity index (χ2v) is 7.09. The zero-order valence-electron chi connectivity index (χ0n) is 10.5. The Morgan fingerprint density at radius 1 is 1.11 bits per heavy atom. The van der Waals surface area contributed by atoms with Crippen LogP contribution in [-0.4, -0.2) is 25.4 Å². The maximum absolute atomic E-state index is 12.1. The Bertz CT molecular complexity index is 461. The van der Waals surface area contributed by atoms with E-state index >= 15 is 0 Å². The molecular weight excluding hydrogens is 248 g/mol. The summed E-state index contributed by atoms with van der Waals surface area (Å²) >= 11 is 0. The van der Waals surface area contributed by atoms with E-state index in [0.717, 1.165) is 25.7 Å². The van der Waals surface area contributed by atoms with Crippen LogP contribution < -0.4 is 0 Å². The summed E-state index contributed by atoms with van der Waals surface area (Å²) in [7, 11) is -3.36. The SMILES string of the molecule is O=S(=O)(C[C@H](O)C1CCCCC1)c1ccccc1. The van der Waals surface area contributed by atoms with Crippen LogP contribution in [0.4, 0.5) is 0 Å². The first-order chi connectivity index (χ1) is 8.59. The van der Waals surface area contributed by atoms with E-state index in [9.17, 15) is 13.5 Å². The van der Waals surface area contributed by atoms with Crippen LogP contribution >= 0.6 is 0 Å². The van der Waals surface area contributed by atoms with Crippen LogP contribution in [0.15, 0.2) is 35.2 Å². The molecule has 0 saturated heterocycles. The average molecular weight is 268 g/mol. The molecule has 1 aromatic carbocycles. The Kier molecular flexibility index (Phi) is 4.40. The van der Waals surface area contributed by atoms with Gasteiger partial charge in [0.1, 0.15) is 0 Å². The molecule has 0 spiro atoms. The quantitative estimate of drug-likeness (QED) is 0.912. The maximum Gasteiger partial charge on any atom is 0.180 e. The van der Waals surface area contributed by atoms with Crippen molar-refractivity contribution >= 4 is 9.84 Å². The molecule has 1 saturated carbocycles. The number of benzene rings is 1. The first kappa shape index (κ1) is 13.6. The van der Waals surface area contributed by atoms with E-state index in [4.69, 9.17) is 0 Å². The molecule has 0 bridgehead atoms. The molecule has 0 amide bonds. The number of rotatable bonds is 4. The summed E-state index contributed by atoms with van der Waals surface area (Å²) in [6.07, 6.45) is 4.58. The molecule has 3 nitrogen and oxygen atoms in total. The highest BCUT2D eigenvalue weighted by Gasteiger charge is 2.27. The van der Waals surface area contributed by atoms with E-state index in [0.29, 0.717) is 4.90 Å². The summed E-state index contributed by atoms with van der Waals surface area (Å²) in [5.41, 5.74) is 0. The Morgan fingerprint density at radius 3 is 2.33 bits per heavy atom. The van der Waals surface area contributed by atoms with Crippen LogP contribution in [0.1, 0.15) is 32.1 Å². The molecule has 0 unspecified atom stereocenters. The van der Waals surface area contributed by atoms with Crippen molar-refractivity contribution in [1.29, 1.82) is 0 Å². The fourth-order valence-corrected chi connectivity index (χ4v) is 4.09. The standard InChI is InChI=1S/C14H20O3S/c15-14(12-7-3-1-4-8-12)11-18(16,17)13-9-5-2-6-10-13/h2,5-6,9-10,12,14-15H,1,3-4,7-8,11H2/t14-/m0/s1. The molecular formula is C14H20O3S. The molecule has 1 fully saturated rings. The minimum Gasteiger partial charge on any atom is -0.392 e. The maximum atomic E-state index is 12.1.